The zero-order valence-electron chi connectivity index (χ0n) is 16.1. The molecule has 0 bridgehead atoms. The number of ketones is 1. The van der Waals surface area contributed by atoms with E-state index in [9.17, 15) is 4.79 Å². The van der Waals surface area contributed by atoms with Crippen LogP contribution in [0.4, 0.5) is 0 Å². The maximum Gasteiger partial charge on any atom is 0.161 e. The van der Waals surface area contributed by atoms with Crippen molar-refractivity contribution in [3.05, 3.63) is 45.2 Å². The lowest BCUT2D eigenvalue weighted by Crippen LogP contribution is -2.24. The van der Waals surface area contributed by atoms with Gasteiger partial charge in [-0.3, -0.25) is 15.1 Å². The molecule has 1 atom stereocenters. The number of Topliss-reactive ketones (excluding diaryl/α,β-unsaturated/α-hetero) is 1. The van der Waals surface area contributed by atoms with Gasteiger partial charge in [-0.15, -0.1) is 0 Å². The molecular formula is C22H31NO2. The van der Waals surface area contributed by atoms with Gasteiger partial charge in [0, 0.05) is 17.7 Å². The number of nitrogens with one attached hydrogen (secondary N) is 1. The number of carbonyl (C=O) groups excluding carboxylic acids is 1. The van der Waals surface area contributed by atoms with Crippen molar-refractivity contribution >= 4 is 5.78 Å². The fourth-order valence-corrected chi connectivity index (χ4v) is 4.75. The molecule has 136 valence electrons. The number of hydrogen-bond acceptors (Lipinski definition) is 3. The molecule has 0 spiro atoms. The third-order valence-electron chi connectivity index (χ3n) is 5.85. The molecular weight excluding hydrogens is 310 g/mol. The Morgan fingerprint density at radius 2 is 1.92 bits per heavy atom. The second-order valence-corrected chi connectivity index (χ2v) is 7.44. The van der Waals surface area contributed by atoms with E-state index in [0.717, 1.165) is 30.5 Å². The highest BCUT2D eigenvalue weighted by atomic mass is 16.6. The molecule has 0 heterocycles. The fourth-order valence-electron chi connectivity index (χ4n) is 4.75. The summed E-state index contributed by atoms with van der Waals surface area (Å²) in [5.41, 5.74) is 12.3. The van der Waals surface area contributed by atoms with E-state index in [2.05, 4.69) is 32.3 Å². The van der Waals surface area contributed by atoms with Crippen molar-refractivity contribution in [3.63, 3.8) is 0 Å². The minimum atomic E-state index is 0.298. The lowest BCUT2D eigenvalue weighted by Gasteiger charge is -2.29. The van der Waals surface area contributed by atoms with Gasteiger partial charge in [0.2, 0.25) is 0 Å². The monoisotopic (exact) mass is 341 g/mol. The Morgan fingerprint density at radius 1 is 1.16 bits per heavy atom. The summed E-state index contributed by atoms with van der Waals surface area (Å²) in [6.07, 6.45) is 7.03. The Hall–Kier alpha value is -1.61. The van der Waals surface area contributed by atoms with Crippen LogP contribution in [0.3, 0.4) is 0 Å². The number of benzene rings is 1. The summed E-state index contributed by atoms with van der Waals surface area (Å²) in [5, 5.41) is 0. The molecule has 1 aromatic rings. The molecule has 0 amide bonds. The number of hydrogen-bond donors (Lipinski definition) is 1. The SMILES string of the molecule is CCON/C(CC)=C1/CCC(c2c(C)cc(C)c3c2CCC3)CC1=O. The van der Waals surface area contributed by atoms with E-state index in [-0.39, 0.29) is 0 Å². The molecule has 1 N–H and O–H groups in total. The summed E-state index contributed by atoms with van der Waals surface area (Å²) in [4.78, 5) is 18.2. The van der Waals surface area contributed by atoms with Crippen LogP contribution in [0.1, 0.15) is 79.7 Å². The number of allylic oxidation sites excluding steroid dienone is 2. The quantitative estimate of drug-likeness (QED) is 0.615. The van der Waals surface area contributed by atoms with Crippen LogP contribution >= 0.6 is 0 Å². The molecule has 0 aliphatic heterocycles. The van der Waals surface area contributed by atoms with Crippen LogP contribution in [-0.4, -0.2) is 12.4 Å². The van der Waals surface area contributed by atoms with Gasteiger partial charge in [0.25, 0.3) is 0 Å². The molecule has 2 aliphatic carbocycles. The van der Waals surface area contributed by atoms with E-state index < -0.39 is 0 Å². The minimum absolute atomic E-state index is 0.298. The molecule has 3 heteroatoms. The van der Waals surface area contributed by atoms with E-state index in [0.29, 0.717) is 24.7 Å². The summed E-state index contributed by atoms with van der Waals surface area (Å²) >= 11 is 0. The largest absolute Gasteiger partial charge is 0.294 e. The van der Waals surface area contributed by atoms with Crippen LogP contribution in [0.25, 0.3) is 0 Å². The second-order valence-electron chi connectivity index (χ2n) is 7.44. The molecule has 25 heavy (non-hydrogen) atoms. The Labute approximate surface area is 151 Å². The Bertz CT molecular complexity index is 702. The summed E-state index contributed by atoms with van der Waals surface area (Å²) in [7, 11) is 0. The second kappa shape index (κ2) is 7.74. The predicted octanol–water partition coefficient (Wildman–Crippen LogP) is 4.83. The van der Waals surface area contributed by atoms with Crippen LogP contribution < -0.4 is 5.48 Å². The van der Waals surface area contributed by atoms with Crippen molar-refractivity contribution in [3.8, 4) is 0 Å². The molecule has 0 radical (unpaired) electrons. The van der Waals surface area contributed by atoms with E-state index in [1.54, 1.807) is 11.1 Å². The third kappa shape index (κ3) is 3.52. The van der Waals surface area contributed by atoms with Crippen molar-refractivity contribution in [1.29, 1.82) is 0 Å². The number of fused-ring (bicyclic) bond motifs is 1. The van der Waals surface area contributed by atoms with Crippen molar-refractivity contribution < 1.29 is 9.63 Å². The van der Waals surface area contributed by atoms with Gasteiger partial charge in [0.05, 0.1) is 6.61 Å². The van der Waals surface area contributed by atoms with Crippen LogP contribution in [0.15, 0.2) is 17.3 Å². The standard InChI is InChI=1S/C22H31NO2/c1-5-20(23-25-6-2)19-11-10-16(13-21(19)24)22-15(4)12-14(3)17-8-7-9-18(17)22/h12,16,23H,5-11,13H2,1-4H3/b20-19-. The highest BCUT2D eigenvalue weighted by Crippen LogP contribution is 2.41. The molecule has 1 aromatic carbocycles. The Balaban J connectivity index is 1.86. The Kier molecular flexibility index (Phi) is 5.63. The van der Waals surface area contributed by atoms with Gasteiger partial charge in [-0.1, -0.05) is 13.0 Å². The first kappa shape index (κ1) is 18.2. The van der Waals surface area contributed by atoms with Gasteiger partial charge in [-0.25, -0.2) is 0 Å². The lowest BCUT2D eigenvalue weighted by molar-refractivity contribution is -0.117. The molecule has 0 saturated heterocycles. The predicted molar refractivity (Wildman–Crippen MR) is 102 cm³/mol. The first-order valence-electron chi connectivity index (χ1n) is 9.81. The van der Waals surface area contributed by atoms with Gasteiger partial charge in [-0.05, 0) is 93.0 Å². The zero-order chi connectivity index (χ0) is 18.0. The number of rotatable bonds is 5. The number of carbonyl (C=O) groups is 1. The average molecular weight is 341 g/mol. The van der Waals surface area contributed by atoms with Gasteiger partial charge in [-0.2, -0.15) is 0 Å². The molecule has 2 aliphatic rings. The fraction of sp³-hybridized carbons (Fsp3) is 0.591. The third-order valence-corrected chi connectivity index (χ3v) is 5.85. The van der Waals surface area contributed by atoms with Crippen LogP contribution in [0.5, 0.6) is 0 Å². The van der Waals surface area contributed by atoms with E-state index in [1.165, 1.54) is 36.0 Å². The zero-order valence-corrected chi connectivity index (χ0v) is 16.1. The molecule has 3 rings (SSSR count). The first-order valence-corrected chi connectivity index (χ1v) is 9.81. The maximum absolute atomic E-state index is 12.9. The summed E-state index contributed by atoms with van der Waals surface area (Å²) in [6, 6.07) is 2.34. The molecule has 3 nitrogen and oxygen atoms in total. The van der Waals surface area contributed by atoms with Crippen molar-refractivity contribution in [1.82, 2.24) is 5.48 Å². The summed E-state index contributed by atoms with van der Waals surface area (Å²) in [5.74, 6) is 0.681. The highest BCUT2D eigenvalue weighted by molar-refractivity contribution is 5.97. The van der Waals surface area contributed by atoms with Crippen molar-refractivity contribution in [2.75, 3.05) is 6.61 Å². The van der Waals surface area contributed by atoms with Gasteiger partial charge < -0.3 is 0 Å². The van der Waals surface area contributed by atoms with E-state index in [4.69, 9.17) is 4.84 Å². The average Bonchev–Trinajstić information content (AvgIpc) is 3.06. The smallest absolute Gasteiger partial charge is 0.161 e. The Morgan fingerprint density at radius 3 is 2.60 bits per heavy atom. The van der Waals surface area contributed by atoms with E-state index in [1.807, 2.05) is 6.92 Å². The summed E-state index contributed by atoms with van der Waals surface area (Å²) in [6.45, 7) is 9.09. The van der Waals surface area contributed by atoms with Gasteiger partial charge >= 0.3 is 0 Å². The van der Waals surface area contributed by atoms with Crippen molar-refractivity contribution in [2.24, 2.45) is 0 Å². The van der Waals surface area contributed by atoms with E-state index >= 15 is 0 Å². The first-order chi connectivity index (χ1) is 12.1. The van der Waals surface area contributed by atoms with Crippen LogP contribution in [-0.2, 0) is 22.5 Å². The van der Waals surface area contributed by atoms with Crippen LogP contribution in [0, 0.1) is 13.8 Å². The molecule has 1 unspecified atom stereocenters. The maximum atomic E-state index is 12.9. The molecule has 0 aromatic heterocycles. The lowest BCUT2D eigenvalue weighted by atomic mass is 9.76. The number of aryl methyl sites for hydroxylation is 2. The van der Waals surface area contributed by atoms with Gasteiger partial charge in [0.1, 0.15) is 0 Å². The normalized spacial score (nSPS) is 22.1. The van der Waals surface area contributed by atoms with Gasteiger partial charge in [0.15, 0.2) is 5.78 Å². The topological polar surface area (TPSA) is 38.3 Å². The number of hydroxylamine groups is 1. The summed E-state index contributed by atoms with van der Waals surface area (Å²) < 4.78 is 0. The molecule has 1 fully saturated rings. The van der Waals surface area contributed by atoms with Crippen molar-refractivity contribution in [2.45, 2.75) is 78.6 Å². The van der Waals surface area contributed by atoms with Crippen LogP contribution in [0.2, 0.25) is 0 Å². The molecule has 1 saturated carbocycles. The minimum Gasteiger partial charge on any atom is -0.294 e. The highest BCUT2D eigenvalue weighted by Gasteiger charge is 2.31.